The Labute approximate surface area is 149 Å². The van der Waals surface area contributed by atoms with Crippen LogP contribution in [-0.4, -0.2) is 13.3 Å². The second-order valence-electron chi connectivity index (χ2n) is 5.73. The van der Waals surface area contributed by atoms with Crippen LogP contribution >= 0.6 is 6.04 Å². The van der Waals surface area contributed by atoms with Gasteiger partial charge in [0.2, 0.25) is 0 Å². The van der Waals surface area contributed by atoms with Gasteiger partial charge < -0.3 is 4.74 Å². The molecule has 0 aliphatic heterocycles. The van der Waals surface area contributed by atoms with Crippen LogP contribution in [-0.2, 0) is 16.5 Å². The molecular weight excluding hydrogens is 331 g/mol. The molecule has 0 saturated heterocycles. The predicted molar refractivity (Wildman–Crippen MR) is 107 cm³/mol. The Morgan fingerprint density at radius 1 is 0.750 bits per heavy atom. The minimum Gasteiger partial charge on any atom is -0.376 e. The highest BCUT2D eigenvalue weighted by atomic mass is 32.4. The molecule has 3 aromatic rings. The standard InChI is InChI=1S/C21H21OPS/c1-22-21(18-11-5-2-6-12-18)17-23(24,19-13-7-3-8-14-19)20-15-9-4-10-16-20/h2-16,21H,17H2,1H3. The SMILES string of the molecule is COC(CP(=S)(c1ccccc1)c1ccccc1)c1ccccc1. The quantitative estimate of drug-likeness (QED) is 0.604. The van der Waals surface area contributed by atoms with Crippen molar-refractivity contribution < 1.29 is 4.74 Å². The lowest BCUT2D eigenvalue weighted by atomic mass is 10.1. The first-order valence-corrected chi connectivity index (χ1v) is 11.0. The van der Waals surface area contributed by atoms with Crippen molar-refractivity contribution in [2.45, 2.75) is 6.10 Å². The molecule has 1 atom stereocenters. The number of rotatable bonds is 6. The summed E-state index contributed by atoms with van der Waals surface area (Å²) in [5.74, 6) is 0. The Bertz CT molecular complexity index is 760. The summed E-state index contributed by atoms with van der Waals surface area (Å²) in [5, 5.41) is 2.48. The molecule has 1 unspecified atom stereocenters. The number of benzene rings is 3. The average Bonchev–Trinajstić information content (AvgIpc) is 2.68. The van der Waals surface area contributed by atoms with Gasteiger partial charge in [0.1, 0.15) is 0 Å². The summed E-state index contributed by atoms with van der Waals surface area (Å²) in [6, 6.07) is 29.4. The first-order chi connectivity index (χ1) is 11.7. The summed E-state index contributed by atoms with van der Waals surface area (Å²) in [7, 11) is 1.77. The van der Waals surface area contributed by atoms with Crippen molar-refractivity contribution in [3.8, 4) is 0 Å². The fraction of sp³-hybridized carbons (Fsp3) is 0.143. The summed E-state index contributed by atoms with van der Waals surface area (Å²) in [5.41, 5.74) is 1.18. The lowest BCUT2D eigenvalue weighted by molar-refractivity contribution is 0.123. The summed E-state index contributed by atoms with van der Waals surface area (Å²) in [6.45, 7) is 0. The molecule has 0 saturated carbocycles. The van der Waals surface area contributed by atoms with Crippen LogP contribution in [0.3, 0.4) is 0 Å². The lowest BCUT2D eigenvalue weighted by Crippen LogP contribution is -2.22. The van der Waals surface area contributed by atoms with E-state index in [1.165, 1.54) is 16.2 Å². The summed E-state index contributed by atoms with van der Waals surface area (Å²) in [4.78, 5) is 0. The van der Waals surface area contributed by atoms with Crippen LogP contribution in [0.4, 0.5) is 0 Å². The van der Waals surface area contributed by atoms with Crippen LogP contribution in [0.15, 0.2) is 91.0 Å². The predicted octanol–water partition coefficient (Wildman–Crippen LogP) is 4.50. The largest absolute Gasteiger partial charge is 0.376 e. The van der Waals surface area contributed by atoms with Gasteiger partial charge in [-0.3, -0.25) is 0 Å². The van der Waals surface area contributed by atoms with E-state index in [4.69, 9.17) is 16.5 Å². The maximum atomic E-state index is 6.31. The Hall–Kier alpha value is -1.73. The first-order valence-electron chi connectivity index (χ1n) is 8.02. The fourth-order valence-electron chi connectivity index (χ4n) is 2.91. The van der Waals surface area contributed by atoms with Gasteiger partial charge in [-0.25, -0.2) is 0 Å². The highest BCUT2D eigenvalue weighted by Gasteiger charge is 2.27. The van der Waals surface area contributed by atoms with Crippen LogP contribution < -0.4 is 10.6 Å². The third-order valence-corrected chi connectivity index (χ3v) is 9.05. The van der Waals surface area contributed by atoms with Gasteiger partial charge in [-0.1, -0.05) is 103 Å². The average molecular weight is 352 g/mol. The van der Waals surface area contributed by atoms with Crippen molar-refractivity contribution in [1.82, 2.24) is 0 Å². The summed E-state index contributed by atoms with van der Waals surface area (Å²) < 4.78 is 5.84. The van der Waals surface area contributed by atoms with E-state index in [1.54, 1.807) is 7.11 Å². The molecule has 3 aromatic carbocycles. The maximum Gasteiger partial charge on any atom is 0.0873 e. The van der Waals surface area contributed by atoms with Gasteiger partial charge in [0.15, 0.2) is 0 Å². The molecule has 0 amide bonds. The molecule has 122 valence electrons. The van der Waals surface area contributed by atoms with E-state index in [-0.39, 0.29) is 6.10 Å². The van der Waals surface area contributed by atoms with E-state index >= 15 is 0 Å². The van der Waals surface area contributed by atoms with Crippen LogP contribution in [0, 0.1) is 0 Å². The Morgan fingerprint density at radius 3 is 1.58 bits per heavy atom. The van der Waals surface area contributed by atoms with E-state index in [0.29, 0.717) is 0 Å². The molecule has 1 nitrogen and oxygen atoms in total. The fourth-order valence-corrected chi connectivity index (χ4v) is 6.91. The number of hydrogen-bond acceptors (Lipinski definition) is 2. The summed E-state index contributed by atoms with van der Waals surface area (Å²) >= 11 is 6.31. The molecule has 0 aliphatic carbocycles. The van der Waals surface area contributed by atoms with Crippen molar-refractivity contribution in [2.75, 3.05) is 13.3 Å². The van der Waals surface area contributed by atoms with Gasteiger partial charge in [-0.15, -0.1) is 0 Å². The van der Waals surface area contributed by atoms with Gasteiger partial charge in [0, 0.05) is 19.3 Å². The van der Waals surface area contributed by atoms with Crippen LogP contribution in [0.5, 0.6) is 0 Å². The van der Waals surface area contributed by atoms with E-state index in [2.05, 4.69) is 72.8 Å². The van der Waals surface area contributed by atoms with Gasteiger partial charge in [0.25, 0.3) is 0 Å². The molecule has 3 heteroatoms. The Morgan fingerprint density at radius 2 is 1.17 bits per heavy atom. The van der Waals surface area contributed by atoms with Crippen molar-refractivity contribution in [1.29, 1.82) is 0 Å². The Balaban J connectivity index is 2.04. The normalized spacial score (nSPS) is 12.7. The number of methoxy groups -OCH3 is 1. The topological polar surface area (TPSA) is 9.23 Å². The summed E-state index contributed by atoms with van der Waals surface area (Å²) in [6.07, 6.45) is 0.814. The second kappa shape index (κ2) is 7.90. The number of hydrogen-bond donors (Lipinski definition) is 0. The van der Waals surface area contributed by atoms with Gasteiger partial charge in [-0.05, 0) is 16.2 Å². The molecular formula is C21H21OPS. The highest BCUT2D eigenvalue weighted by Crippen LogP contribution is 2.47. The van der Waals surface area contributed by atoms with E-state index in [0.717, 1.165) is 6.16 Å². The molecule has 0 spiro atoms. The zero-order chi connectivity index (χ0) is 16.8. The molecule has 0 aliphatic rings. The molecule has 0 heterocycles. The van der Waals surface area contributed by atoms with E-state index in [1.807, 2.05) is 18.2 Å². The van der Waals surface area contributed by atoms with E-state index in [9.17, 15) is 0 Å². The van der Waals surface area contributed by atoms with Gasteiger partial charge in [0.05, 0.1) is 6.10 Å². The minimum absolute atomic E-state index is 0.00237. The van der Waals surface area contributed by atoms with Crippen molar-refractivity contribution >= 4 is 28.5 Å². The maximum absolute atomic E-state index is 6.31. The molecule has 24 heavy (non-hydrogen) atoms. The van der Waals surface area contributed by atoms with Crippen molar-refractivity contribution in [2.24, 2.45) is 0 Å². The van der Waals surface area contributed by atoms with Crippen molar-refractivity contribution in [3.63, 3.8) is 0 Å². The molecule has 0 fully saturated rings. The third kappa shape index (κ3) is 3.67. The van der Waals surface area contributed by atoms with Crippen molar-refractivity contribution in [3.05, 3.63) is 96.6 Å². The molecule has 0 bridgehead atoms. The zero-order valence-electron chi connectivity index (χ0n) is 13.7. The monoisotopic (exact) mass is 352 g/mol. The van der Waals surface area contributed by atoms with Crippen LogP contribution in [0.1, 0.15) is 11.7 Å². The Kier molecular flexibility index (Phi) is 5.63. The van der Waals surface area contributed by atoms with Crippen LogP contribution in [0.25, 0.3) is 0 Å². The third-order valence-electron chi connectivity index (χ3n) is 4.23. The zero-order valence-corrected chi connectivity index (χ0v) is 15.4. The van der Waals surface area contributed by atoms with Gasteiger partial charge in [-0.2, -0.15) is 0 Å². The molecule has 0 N–H and O–H groups in total. The highest BCUT2D eigenvalue weighted by molar-refractivity contribution is 8.21. The van der Waals surface area contributed by atoms with Crippen LogP contribution in [0.2, 0.25) is 0 Å². The minimum atomic E-state index is -1.95. The van der Waals surface area contributed by atoms with Gasteiger partial charge >= 0.3 is 0 Å². The number of ether oxygens (including phenoxy) is 1. The van der Waals surface area contributed by atoms with E-state index < -0.39 is 6.04 Å². The second-order valence-corrected chi connectivity index (χ2v) is 10.5. The molecule has 0 aromatic heterocycles. The lowest BCUT2D eigenvalue weighted by Gasteiger charge is -2.28. The molecule has 3 rings (SSSR count). The molecule has 0 radical (unpaired) electrons. The smallest absolute Gasteiger partial charge is 0.0873 e. The first kappa shape index (κ1) is 17.1.